The molecular formula is C64H40N4O2. The molecule has 1 aliphatic carbocycles. The molecule has 9 aromatic carbocycles. The minimum atomic E-state index is 0.571. The lowest BCUT2D eigenvalue weighted by atomic mass is 9.91. The second-order valence-electron chi connectivity index (χ2n) is 17.9. The first-order valence-corrected chi connectivity index (χ1v) is 23.6. The maximum Gasteiger partial charge on any atom is 0.164 e. The van der Waals surface area contributed by atoms with Gasteiger partial charge in [-0.3, -0.25) is 0 Å². The quantitative estimate of drug-likeness (QED) is 0.159. The van der Waals surface area contributed by atoms with E-state index in [1.165, 1.54) is 10.9 Å². The maximum atomic E-state index is 6.42. The zero-order valence-electron chi connectivity index (χ0n) is 37.8. The summed E-state index contributed by atoms with van der Waals surface area (Å²) in [7, 11) is 0. The highest BCUT2D eigenvalue weighted by Crippen LogP contribution is 2.42. The molecule has 0 amide bonds. The number of aromatic nitrogens is 4. The Kier molecular flexibility index (Phi) is 9.17. The normalized spacial score (nSPS) is 12.5. The van der Waals surface area contributed by atoms with E-state index in [1.54, 1.807) is 0 Å². The van der Waals surface area contributed by atoms with E-state index in [9.17, 15) is 0 Å². The van der Waals surface area contributed by atoms with Crippen LogP contribution in [0.1, 0.15) is 16.8 Å². The third-order valence-corrected chi connectivity index (χ3v) is 13.7. The lowest BCUT2D eigenvalue weighted by Gasteiger charge is -2.18. The second kappa shape index (κ2) is 16.1. The second-order valence-corrected chi connectivity index (χ2v) is 17.9. The Bertz CT molecular complexity index is 4270. The summed E-state index contributed by atoms with van der Waals surface area (Å²) in [6, 6.07) is 74.3. The molecule has 13 aromatic rings. The Morgan fingerprint density at radius 2 is 0.871 bits per heavy atom. The molecule has 328 valence electrons. The molecule has 0 saturated carbocycles. The van der Waals surface area contributed by atoms with Gasteiger partial charge in [0.1, 0.15) is 22.3 Å². The van der Waals surface area contributed by atoms with Crippen molar-refractivity contribution in [3.05, 3.63) is 247 Å². The van der Waals surface area contributed by atoms with E-state index in [1.807, 2.05) is 66.7 Å². The molecule has 6 heteroatoms. The van der Waals surface area contributed by atoms with Crippen molar-refractivity contribution < 1.29 is 8.83 Å². The summed E-state index contributed by atoms with van der Waals surface area (Å²) in [5.41, 5.74) is 17.3. The molecule has 1 aliphatic rings. The number of benzene rings is 9. The van der Waals surface area contributed by atoms with E-state index in [0.29, 0.717) is 17.5 Å². The highest BCUT2D eigenvalue weighted by atomic mass is 16.3. The SMILES string of the molecule is C1=CCc2c(n(-c3cccc(-c4nc(-c5ccccc5)nc(-c5ccc6c(c5)oc5ccccc56)n4)c3)c3ccccc23)C(c2cc(-c3ccccc3)cc(-c3ccc4c(c3)oc3ccccc34)c2)=C1. The van der Waals surface area contributed by atoms with Gasteiger partial charge in [0, 0.05) is 54.9 Å². The summed E-state index contributed by atoms with van der Waals surface area (Å²) in [5.74, 6) is 1.75. The van der Waals surface area contributed by atoms with Gasteiger partial charge in [-0.15, -0.1) is 0 Å². The molecule has 70 heavy (non-hydrogen) atoms. The Hall–Kier alpha value is -9.39. The van der Waals surface area contributed by atoms with Crippen molar-refractivity contribution >= 4 is 60.4 Å². The minimum Gasteiger partial charge on any atom is -0.456 e. The molecule has 0 radical (unpaired) electrons. The van der Waals surface area contributed by atoms with Gasteiger partial charge in [0.2, 0.25) is 0 Å². The van der Waals surface area contributed by atoms with E-state index in [4.69, 9.17) is 23.8 Å². The zero-order valence-corrected chi connectivity index (χ0v) is 37.8. The topological polar surface area (TPSA) is 69.9 Å². The molecule has 0 fully saturated rings. The van der Waals surface area contributed by atoms with Crippen molar-refractivity contribution in [3.63, 3.8) is 0 Å². The van der Waals surface area contributed by atoms with Crippen molar-refractivity contribution in [1.82, 2.24) is 19.5 Å². The first-order valence-electron chi connectivity index (χ1n) is 23.6. The largest absolute Gasteiger partial charge is 0.456 e. The van der Waals surface area contributed by atoms with Crippen LogP contribution in [-0.4, -0.2) is 19.5 Å². The molecule has 0 spiro atoms. The first kappa shape index (κ1) is 39.7. The number of nitrogens with zero attached hydrogens (tertiary/aromatic N) is 4. The summed E-state index contributed by atoms with van der Waals surface area (Å²) in [4.78, 5) is 15.5. The monoisotopic (exact) mass is 896 g/mol. The van der Waals surface area contributed by atoms with Gasteiger partial charge in [0.15, 0.2) is 17.5 Å². The highest BCUT2D eigenvalue weighted by Gasteiger charge is 2.25. The van der Waals surface area contributed by atoms with Gasteiger partial charge in [-0.25, -0.2) is 15.0 Å². The van der Waals surface area contributed by atoms with Gasteiger partial charge in [-0.1, -0.05) is 158 Å². The molecule has 0 N–H and O–H groups in total. The predicted octanol–water partition coefficient (Wildman–Crippen LogP) is 16.5. The van der Waals surface area contributed by atoms with Crippen LogP contribution in [0.5, 0.6) is 0 Å². The third kappa shape index (κ3) is 6.68. The fraction of sp³-hybridized carbons (Fsp3) is 0.0156. The summed E-state index contributed by atoms with van der Waals surface area (Å²) >= 11 is 0. The zero-order chi connectivity index (χ0) is 46.1. The molecule has 14 rings (SSSR count). The van der Waals surface area contributed by atoms with Crippen LogP contribution in [0, 0.1) is 0 Å². The number of fused-ring (bicyclic) bond motifs is 9. The van der Waals surface area contributed by atoms with Gasteiger partial charge in [0.05, 0.1) is 11.2 Å². The highest BCUT2D eigenvalue weighted by molar-refractivity contribution is 6.07. The lowest BCUT2D eigenvalue weighted by Crippen LogP contribution is -2.04. The molecular weight excluding hydrogens is 857 g/mol. The third-order valence-electron chi connectivity index (χ3n) is 13.7. The molecule has 4 aromatic heterocycles. The summed E-state index contributed by atoms with van der Waals surface area (Å²) < 4.78 is 15.2. The smallest absolute Gasteiger partial charge is 0.164 e. The Morgan fingerprint density at radius 1 is 0.357 bits per heavy atom. The van der Waals surface area contributed by atoms with Crippen LogP contribution in [0.4, 0.5) is 0 Å². The minimum absolute atomic E-state index is 0.571. The van der Waals surface area contributed by atoms with Crippen LogP contribution < -0.4 is 0 Å². The lowest BCUT2D eigenvalue weighted by molar-refractivity contribution is 0.668. The fourth-order valence-corrected chi connectivity index (χ4v) is 10.4. The van der Waals surface area contributed by atoms with Crippen LogP contribution in [0.15, 0.2) is 239 Å². The van der Waals surface area contributed by atoms with E-state index in [-0.39, 0.29) is 0 Å². The van der Waals surface area contributed by atoms with Crippen LogP contribution in [0.3, 0.4) is 0 Å². The average molecular weight is 897 g/mol. The summed E-state index contributed by atoms with van der Waals surface area (Å²) in [6.45, 7) is 0. The standard InChI is InChI=1S/C64H40N4O2/c1-3-16-40(17-4-1)45-34-46(42-30-32-53-51-24-10-13-28-57(51)69-59(53)38-42)36-47(35-45)49-22-7-8-26-55-50-23-9-12-27-56(50)68(61(49)55)48-21-15-20-43(37-48)63-65-62(41-18-5-2-6-19-41)66-64(67-63)44-31-33-54-52-25-11-14-29-58(52)70-60(54)39-44/h1-25,27-39H,26H2. The number of para-hydroxylation sites is 3. The van der Waals surface area contributed by atoms with E-state index in [2.05, 4.69) is 168 Å². The van der Waals surface area contributed by atoms with Crippen molar-refractivity contribution in [2.75, 3.05) is 0 Å². The maximum absolute atomic E-state index is 6.42. The molecule has 0 atom stereocenters. The summed E-state index contributed by atoms with van der Waals surface area (Å²) in [5, 5.41) is 5.58. The van der Waals surface area contributed by atoms with Gasteiger partial charge < -0.3 is 13.4 Å². The number of allylic oxidation sites excluding steroid dienone is 3. The number of hydrogen-bond donors (Lipinski definition) is 0. The van der Waals surface area contributed by atoms with Gasteiger partial charge in [-0.2, -0.15) is 0 Å². The van der Waals surface area contributed by atoms with Crippen molar-refractivity contribution in [2.45, 2.75) is 6.42 Å². The number of hydrogen-bond acceptors (Lipinski definition) is 5. The molecule has 0 aliphatic heterocycles. The van der Waals surface area contributed by atoms with Crippen molar-refractivity contribution in [2.24, 2.45) is 0 Å². The van der Waals surface area contributed by atoms with Crippen LogP contribution in [0.25, 0.3) is 122 Å². The predicted molar refractivity (Wildman–Crippen MR) is 285 cm³/mol. The number of rotatable bonds is 7. The van der Waals surface area contributed by atoms with Crippen molar-refractivity contribution in [3.8, 4) is 62.1 Å². The molecule has 0 unspecified atom stereocenters. The molecule has 0 bridgehead atoms. The van der Waals surface area contributed by atoms with Gasteiger partial charge in [0.25, 0.3) is 0 Å². The Morgan fingerprint density at radius 3 is 1.57 bits per heavy atom. The van der Waals surface area contributed by atoms with Crippen LogP contribution >= 0.6 is 0 Å². The molecule has 4 heterocycles. The first-order chi connectivity index (χ1) is 34.7. The fourth-order valence-electron chi connectivity index (χ4n) is 10.4. The molecule has 0 saturated heterocycles. The van der Waals surface area contributed by atoms with Gasteiger partial charge in [-0.05, 0) is 113 Å². The van der Waals surface area contributed by atoms with Gasteiger partial charge >= 0.3 is 0 Å². The Labute approximate surface area is 402 Å². The van der Waals surface area contributed by atoms with E-state index >= 15 is 0 Å². The van der Waals surface area contributed by atoms with E-state index in [0.717, 1.165) is 117 Å². The summed E-state index contributed by atoms with van der Waals surface area (Å²) in [6.07, 6.45) is 7.55. The van der Waals surface area contributed by atoms with Crippen LogP contribution in [0.2, 0.25) is 0 Å². The number of furan rings is 2. The Balaban J connectivity index is 0.940. The van der Waals surface area contributed by atoms with E-state index < -0.39 is 0 Å². The molecule has 6 nitrogen and oxygen atoms in total. The van der Waals surface area contributed by atoms with Crippen LogP contribution in [-0.2, 0) is 6.42 Å². The average Bonchev–Trinajstić information content (AvgIpc) is 4.04. The van der Waals surface area contributed by atoms with Crippen molar-refractivity contribution in [1.29, 1.82) is 0 Å².